The van der Waals surface area contributed by atoms with E-state index >= 15 is 0 Å². The summed E-state index contributed by atoms with van der Waals surface area (Å²) in [6.45, 7) is 14.7. The van der Waals surface area contributed by atoms with Crippen LogP contribution in [0.5, 0.6) is 0 Å². The van der Waals surface area contributed by atoms with Crippen molar-refractivity contribution in [3.05, 3.63) is 86.0 Å². The normalized spacial score (nSPS) is 16.1. The fourth-order valence-corrected chi connectivity index (χ4v) is 3.26. The molecule has 0 N–H and O–H groups in total. The van der Waals surface area contributed by atoms with Gasteiger partial charge in [0.2, 0.25) is 0 Å². The number of ether oxygens (including phenoxy) is 4. The molecule has 0 amide bonds. The van der Waals surface area contributed by atoms with E-state index in [9.17, 15) is 19.2 Å². The highest BCUT2D eigenvalue weighted by molar-refractivity contribution is 5.93. The Morgan fingerprint density at radius 3 is 1.14 bits per heavy atom. The highest BCUT2D eigenvalue weighted by Crippen LogP contribution is 2.30. The highest BCUT2D eigenvalue weighted by atomic mass is 16.5. The Kier molecular flexibility index (Phi) is 14.6. The lowest BCUT2D eigenvalue weighted by Crippen LogP contribution is -2.28. The van der Waals surface area contributed by atoms with Crippen LogP contribution in [0.25, 0.3) is 0 Å². The maximum Gasteiger partial charge on any atom is 0.338 e. The van der Waals surface area contributed by atoms with Crippen molar-refractivity contribution in [2.75, 3.05) is 26.4 Å². The van der Waals surface area contributed by atoms with Gasteiger partial charge in [-0.1, -0.05) is 50.6 Å². The Morgan fingerprint density at radius 2 is 0.861 bits per heavy atom. The van der Waals surface area contributed by atoms with E-state index < -0.39 is 11.9 Å². The van der Waals surface area contributed by atoms with Crippen LogP contribution < -0.4 is 0 Å². The van der Waals surface area contributed by atoms with Crippen molar-refractivity contribution in [3.8, 4) is 0 Å². The Balaban J connectivity index is 0.000000360. The van der Waals surface area contributed by atoms with Crippen molar-refractivity contribution in [2.24, 2.45) is 11.8 Å². The molecule has 36 heavy (non-hydrogen) atoms. The smallest absolute Gasteiger partial charge is 0.338 e. The van der Waals surface area contributed by atoms with Crippen LogP contribution in [-0.4, -0.2) is 50.3 Å². The van der Waals surface area contributed by atoms with Crippen LogP contribution in [0.3, 0.4) is 0 Å². The summed E-state index contributed by atoms with van der Waals surface area (Å²) < 4.78 is 19.7. The van der Waals surface area contributed by atoms with Gasteiger partial charge in [0.25, 0.3) is 0 Å². The quantitative estimate of drug-likeness (QED) is 0.233. The van der Waals surface area contributed by atoms with Crippen molar-refractivity contribution in [1.82, 2.24) is 0 Å². The average molecular weight is 499 g/mol. The summed E-state index contributed by atoms with van der Waals surface area (Å²) in [6.07, 6.45) is 8.81. The molecule has 194 valence electrons. The summed E-state index contributed by atoms with van der Waals surface area (Å²) in [7, 11) is 0. The molecule has 1 aliphatic rings. The molecule has 0 saturated heterocycles. The van der Waals surface area contributed by atoms with Crippen LogP contribution in [0.4, 0.5) is 0 Å². The third-order valence-corrected chi connectivity index (χ3v) is 5.10. The lowest BCUT2D eigenvalue weighted by atomic mass is 9.82. The van der Waals surface area contributed by atoms with E-state index in [4.69, 9.17) is 18.9 Å². The SMILES string of the molecule is C=CCOC(=O)C1CCC(C(=O)OCC=C)CC1.C=CCOC(=O)c1ccc(C(=O)OCC=C)cc1. The Morgan fingerprint density at radius 1 is 0.583 bits per heavy atom. The van der Waals surface area contributed by atoms with Crippen molar-refractivity contribution in [1.29, 1.82) is 0 Å². The number of carbonyl (C=O) groups is 4. The van der Waals surface area contributed by atoms with Gasteiger partial charge < -0.3 is 18.9 Å². The van der Waals surface area contributed by atoms with Crippen LogP contribution >= 0.6 is 0 Å². The summed E-state index contributed by atoms with van der Waals surface area (Å²) in [6, 6.07) is 6.04. The van der Waals surface area contributed by atoms with Crippen molar-refractivity contribution < 1.29 is 38.1 Å². The van der Waals surface area contributed by atoms with E-state index in [1.807, 2.05) is 0 Å². The maximum absolute atomic E-state index is 11.6. The second-order valence-electron chi connectivity index (χ2n) is 7.74. The van der Waals surface area contributed by atoms with Gasteiger partial charge in [-0.25, -0.2) is 9.59 Å². The number of carbonyl (C=O) groups excluding carboxylic acids is 4. The molecule has 1 aliphatic carbocycles. The number of hydrogen-bond acceptors (Lipinski definition) is 8. The largest absolute Gasteiger partial charge is 0.461 e. The van der Waals surface area contributed by atoms with Gasteiger partial charge in [0.1, 0.15) is 26.4 Å². The van der Waals surface area contributed by atoms with E-state index in [1.165, 1.54) is 36.4 Å². The number of benzene rings is 1. The highest BCUT2D eigenvalue weighted by Gasteiger charge is 2.31. The molecule has 1 aromatic rings. The molecule has 0 radical (unpaired) electrons. The van der Waals surface area contributed by atoms with Gasteiger partial charge in [-0.15, -0.1) is 0 Å². The molecule has 8 nitrogen and oxygen atoms in total. The first kappa shape index (κ1) is 30.1. The second kappa shape index (κ2) is 17.5. The van der Waals surface area contributed by atoms with E-state index in [0.29, 0.717) is 36.8 Å². The van der Waals surface area contributed by atoms with Gasteiger partial charge in [0, 0.05) is 0 Å². The van der Waals surface area contributed by atoms with E-state index in [-0.39, 0.29) is 50.2 Å². The minimum atomic E-state index is -0.457. The van der Waals surface area contributed by atoms with Crippen molar-refractivity contribution >= 4 is 23.9 Å². The van der Waals surface area contributed by atoms with Crippen molar-refractivity contribution in [3.63, 3.8) is 0 Å². The van der Waals surface area contributed by atoms with Gasteiger partial charge in [0.15, 0.2) is 0 Å². The van der Waals surface area contributed by atoms with Gasteiger partial charge in [-0.2, -0.15) is 0 Å². The molecule has 1 saturated carbocycles. The first-order valence-electron chi connectivity index (χ1n) is 11.6. The zero-order valence-corrected chi connectivity index (χ0v) is 20.5. The fraction of sp³-hybridized carbons (Fsp3) is 0.357. The second-order valence-corrected chi connectivity index (χ2v) is 7.74. The zero-order valence-electron chi connectivity index (χ0n) is 20.5. The Bertz CT molecular complexity index is 833. The Labute approximate surface area is 212 Å². The summed E-state index contributed by atoms with van der Waals surface area (Å²) >= 11 is 0. The molecule has 0 bridgehead atoms. The van der Waals surface area contributed by atoms with E-state index in [0.717, 1.165) is 0 Å². The van der Waals surface area contributed by atoms with Gasteiger partial charge >= 0.3 is 23.9 Å². The number of esters is 4. The summed E-state index contributed by atoms with van der Waals surface area (Å²) in [5.74, 6) is -1.47. The maximum atomic E-state index is 11.6. The van der Waals surface area contributed by atoms with E-state index in [2.05, 4.69) is 26.3 Å². The van der Waals surface area contributed by atoms with Crippen LogP contribution in [0.2, 0.25) is 0 Å². The molecule has 1 fully saturated rings. The van der Waals surface area contributed by atoms with Gasteiger partial charge in [0.05, 0.1) is 23.0 Å². The first-order valence-corrected chi connectivity index (χ1v) is 11.6. The van der Waals surface area contributed by atoms with Crippen LogP contribution in [0.1, 0.15) is 46.4 Å². The minimum Gasteiger partial charge on any atom is -0.461 e. The third-order valence-electron chi connectivity index (χ3n) is 5.10. The number of rotatable bonds is 12. The molecule has 1 aromatic carbocycles. The zero-order chi connectivity index (χ0) is 26.8. The molecule has 0 spiro atoms. The first-order chi connectivity index (χ1) is 17.4. The number of hydrogen-bond donors (Lipinski definition) is 0. The van der Waals surface area contributed by atoms with E-state index in [1.54, 1.807) is 12.2 Å². The predicted octanol–water partition coefficient (Wildman–Crippen LogP) is 4.62. The standard InChI is InChI=1S/C14H20O4.C14H14O4/c2*1-3-9-17-13(15)11-5-7-12(8-6-11)14(16)18-10-4-2/h3-4,11-12H,1-2,5-10H2;3-8H,1-2,9-10H2. The summed E-state index contributed by atoms with van der Waals surface area (Å²) in [5, 5.41) is 0. The minimum absolute atomic E-state index is 0.0894. The van der Waals surface area contributed by atoms with Crippen LogP contribution in [-0.2, 0) is 28.5 Å². The summed E-state index contributed by atoms with van der Waals surface area (Å²) in [4.78, 5) is 46.1. The molecule has 0 aliphatic heterocycles. The molecule has 2 rings (SSSR count). The lowest BCUT2D eigenvalue weighted by molar-refractivity contribution is -0.153. The summed E-state index contributed by atoms with van der Waals surface area (Å²) in [5.41, 5.74) is 0.745. The molecule has 0 atom stereocenters. The molecule has 0 aromatic heterocycles. The van der Waals surface area contributed by atoms with Gasteiger partial charge in [-0.05, 0) is 49.9 Å². The monoisotopic (exact) mass is 498 g/mol. The van der Waals surface area contributed by atoms with Crippen LogP contribution in [0, 0.1) is 11.8 Å². The van der Waals surface area contributed by atoms with Crippen molar-refractivity contribution in [2.45, 2.75) is 25.7 Å². The molecule has 8 heteroatoms. The molecule has 0 unspecified atom stereocenters. The Hall–Kier alpha value is -3.94. The predicted molar refractivity (Wildman–Crippen MR) is 135 cm³/mol. The molecule has 0 heterocycles. The molecular weight excluding hydrogens is 464 g/mol. The topological polar surface area (TPSA) is 105 Å². The van der Waals surface area contributed by atoms with Crippen LogP contribution in [0.15, 0.2) is 74.9 Å². The lowest BCUT2D eigenvalue weighted by Gasteiger charge is -2.25. The average Bonchev–Trinajstić information content (AvgIpc) is 2.92. The molecular formula is C28H34O8. The fourth-order valence-electron chi connectivity index (χ4n) is 3.26. The van der Waals surface area contributed by atoms with Gasteiger partial charge in [-0.3, -0.25) is 9.59 Å². The third kappa shape index (κ3) is 11.0.